The van der Waals surface area contributed by atoms with E-state index in [1.807, 2.05) is 0 Å². The van der Waals surface area contributed by atoms with Gasteiger partial charge in [-0.05, 0) is 50.1 Å². The minimum atomic E-state index is -2.75. The van der Waals surface area contributed by atoms with E-state index in [-0.39, 0.29) is 27.3 Å². The van der Waals surface area contributed by atoms with Crippen LogP contribution in [0.1, 0.15) is 23.5 Å². The van der Waals surface area contributed by atoms with Crippen molar-refractivity contribution in [2.24, 2.45) is 0 Å². The van der Waals surface area contributed by atoms with Gasteiger partial charge in [-0.2, -0.15) is 0 Å². The monoisotopic (exact) mass is 298 g/mol. The average Bonchev–Trinajstić information content (AvgIpc) is 3.10. The van der Waals surface area contributed by atoms with Crippen LogP contribution in [0.25, 0.3) is 10.9 Å². The summed E-state index contributed by atoms with van der Waals surface area (Å²) in [6, 6.07) is 1.40. The third-order valence-electron chi connectivity index (χ3n) is 2.97. The molecular weight excluding hydrogens is 266 g/mol. The average molecular weight is 298 g/mol. The molecule has 1 saturated heterocycles. The van der Waals surface area contributed by atoms with Crippen molar-refractivity contribution in [1.29, 1.82) is 0 Å². The van der Waals surface area contributed by atoms with Gasteiger partial charge in [-0.25, -0.2) is 4.79 Å². The van der Waals surface area contributed by atoms with E-state index in [2.05, 4.69) is 4.74 Å². The molecule has 3 rings (SSSR count). The highest BCUT2D eigenvalue weighted by Gasteiger charge is 2.22. The van der Waals surface area contributed by atoms with Crippen molar-refractivity contribution >= 4 is 17.0 Å². The molecule has 112 valence electrons. The van der Waals surface area contributed by atoms with Crippen LogP contribution < -0.4 is 5.31 Å². The zero-order valence-corrected chi connectivity index (χ0v) is 11.3. The molecule has 0 saturated carbocycles. The maximum atomic E-state index is 11.6. The smallest absolute Gasteiger partial charge is 0.407 e. The first-order valence-electron chi connectivity index (χ1n) is 11.7. The number of rotatable bonds is 5. The summed E-state index contributed by atoms with van der Waals surface area (Å²) in [6.07, 6.45) is -4.75. The van der Waals surface area contributed by atoms with E-state index < -0.39 is 51.2 Å². The predicted octanol–water partition coefficient (Wildman–Crippen LogP) is 1.92. The number of nitrogens with one attached hydrogen (secondary N) is 2. The van der Waals surface area contributed by atoms with Crippen LogP contribution in [0.3, 0.4) is 0 Å². The molecule has 2 aromatic rings. The zero-order valence-electron chi connectivity index (χ0n) is 22.3. The van der Waals surface area contributed by atoms with E-state index in [1.54, 1.807) is 0 Å². The van der Waals surface area contributed by atoms with Gasteiger partial charge in [-0.15, -0.1) is 0 Å². The second kappa shape index (κ2) is 5.77. The Bertz CT molecular complexity index is 1070. The number of carbonyl (C=O) groups is 1. The third-order valence-corrected chi connectivity index (χ3v) is 2.97. The molecule has 1 aromatic heterocycles. The lowest BCUT2D eigenvalue weighted by Crippen LogP contribution is -2.28. The fourth-order valence-corrected chi connectivity index (χ4v) is 2.01. The zero-order chi connectivity index (χ0) is 24.4. The lowest BCUT2D eigenvalue weighted by atomic mass is 10.0. The molecule has 1 aromatic carbocycles. The van der Waals surface area contributed by atoms with Gasteiger partial charge in [0.25, 0.3) is 0 Å². The molecule has 2 N–H and O–H groups in total. The number of nitrogens with zero attached hydrogens (tertiary/aromatic N) is 1. The Morgan fingerprint density at radius 2 is 2.62 bits per heavy atom. The second-order valence-corrected chi connectivity index (χ2v) is 4.57. The quantitative estimate of drug-likeness (QED) is 0.887. The van der Waals surface area contributed by atoms with E-state index in [4.69, 9.17) is 15.2 Å². The van der Waals surface area contributed by atoms with Gasteiger partial charge in [0.15, 0.2) is 2.82 Å². The molecule has 0 unspecified atom stereocenters. The molecule has 0 bridgehead atoms. The number of benzene rings is 1. The van der Waals surface area contributed by atoms with Gasteiger partial charge in [-0.3, -0.25) is 0 Å². The van der Waals surface area contributed by atoms with Crippen LogP contribution in [0.15, 0.2) is 24.4 Å². The number of H-pyrrole nitrogens is 1. The van der Waals surface area contributed by atoms with E-state index in [0.29, 0.717) is 9.88 Å². The first-order chi connectivity index (χ1) is 14.4. The van der Waals surface area contributed by atoms with Gasteiger partial charge < -0.3 is 19.9 Å². The van der Waals surface area contributed by atoms with E-state index in [0.717, 1.165) is 7.05 Å². The molecule has 1 fully saturated rings. The minimum Gasteiger partial charge on any atom is -0.447 e. The summed E-state index contributed by atoms with van der Waals surface area (Å²) >= 11 is 0. The number of aromatic nitrogens is 1. The lowest BCUT2D eigenvalue weighted by Gasteiger charge is -2.09. The Morgan fingerprint density at radius 1 is 1.71 bits per heavy atom. The molecule has 0 radical (unpaired) electrons. The number of hydrogen-bond acceptors (Lipinski definition) is 3. The molecular formula is C16H21N3O2. The molecule has 0 spiro atoms. The highest BCUT2D eigenvalue weighted by atomic mass is 16.6. The van der Waals surface area contributed by atoms with Crippen molar-refractivity contribution in [1.82, 2.24) is 15.2 Å². The van der Waals surface area contributed by atoms with Crippen molar-refractivity contribution in [3.63, 3.8) is 0 Å². The van der Waals surface area contributed by atoms with Crippen LogP contribution in [0, 0.1) is 0 Å². The summed E-state index contributed by atoms with van der Waals surface area (Å²) in [6.45, 7) is -5.87. The Balaban J connectivity index is 2.12. The van der Waals surface area contributed by atoms with Gasteiger partial charge in [0.05, 0.1) is 8.76 Å². The van der Waals surface area contributed by atoms with Crippen LogP contribution in [-0.4, -0.2) is 49.1 Å². The summed E-state index contributed by atoms with van der Waals surface area (Å²) < 4.78 is 92.6. The standard InChI is InChI=1S/C16H21N3O2/c1-19(2)6-5-12-9-17-15-4-3-11(8-14(12)15)7-13-10-21-16(20)18-13/h3-4,8-9,13,17H,5-7,10H2,1-2H3,(H,18,20)/t13-/m0/s1/i1D3,6D2,7D2,9D,13D/hD2. The van der Waals surface area contributed by atoms with Crippen molar-refractivity contribution in [3.8, 4) is 0 Å². The summed E-state index contributed by atoms with van der Waals surface area (Å²) in [5, 5.41) is 0.229. The summed E-state index contributed by atoms with van der Waals surface area (Å²) in [7, 11) is 1.07. The van der Waals surface area contributed by atoms with Gasteiger partial charge in [0, 0.05) is 33.2 Å². The second-order valence-electron chi connectivity index (χ2n) is 4.57. The number of aryl methyl sites for hydroxylation is 1. The fourth-order valence-electron chi connectivity index (χ4n) is 2.01. The summed E-state index contributed by atoms with van der Waals surface area (Å²) in [5.41, 5.74) is -0.0150. The first kappa shape index (κ1) is 6.01. The summed E-state index contributed by atoms with van der Waals surface area (Å²) in [5.74, 6) is 0. The van der Waals surface area contributed by atoms with Crippen LogP contribution in [0.5, 0.6) is 0 Å². The number of aromatic amines is 1. The van der Waals surface area contributed by atoms with Crippen LogP contribution in [0.4, 0.5) is 4.79 Å². The number of fused-ring (bicyclic) bond motifs is 1. The molecule has 21 heavy (non-hydrogen) atoms. The van der Waals surface area contributed by atoms with E-state index >= 15 is 0 Å². The van der Waals surface area contributed by atoms with Crippen LogP contribution >= 0.6 is 0 Å². The fraction of sp³-hybridized carbons (Fsp3) is 0.438. The first-order valence-corrected chi connectivity index (χ1v) is 6.28. The molecule has 2 heterocycles. The maximum Gasteiger partial charge on any atom is 0.407 e. The minimum absolute atomic E-state index is 0.0192. The number of amides is 1. The summed E-state index contributed by atoms with van der Waals surface area (Å²) in [4.78, 5) is 12.8. The number of cyclic esters (lactones) is 1. The number of likely N-dealkylation sites (N-methyl/N-ethyl adjacent to an activating group) is 1. The van der Waals surface area contributed by atoms with E-state index in [9.17, 15) is 4.79 Å². The molecule has 5 heteroatoms. The number of carbonyl (C=O) groups excluding carboxylic acids is 1. The Kier molecular flexibility index (Phi) is 1.65. The van der Waals surface area contributed by atoms with Gasteiger partial charge >= 0.3 is 6.09 Å². The van der Waals surface area contributed by atoms with Crippen molar-refractivity contribution < 1.29 is 24.7 Å². The molecule has 1 aliphatic heterocycles. The SMILES string of the molecule is [2H]c1c(CC([2H])([2H])N(C)C([2H])([2H])[2H])c2cc(C([2H])([2H])[C@@]3([2H])COC(=O)N3[2H])ccc2n1[2H]. The normalized spacial score (nSPS) is 31.8. The van der Waals surface area contributed by atoms with Crippen LogP contribution in [-0.2, 0) is 17.5 Å². The molecule has 1 atom stereocenters. The molecule has 5 nitrogen and oxygen atoms in total. The van der Waals surface area contributed by atoms with Gasteiger partial charge in [0.2, 0.25) is 0 Å². The topological polar surface area (TPSA) is 57.4 Å². The molecule has 1 aliphatic rings. The largest absolute Gasteiger partial charge is 0.447 e. The number of alkyl carbamates (subject to hydrolysis) is 1. The highest BCUT2D eigenvalue weighted by molar-refractivity contribution is 5.84. The maximum absolute atomic E-state index is 11.6. The van der Waals surface area contributed by atoms with Crippen molar-refractivity contribution in [2.75, 3.05) is 27.1 Å². The van der Waals surface area contributed by atoms with Crippen molar-refractivity contribution in [2.45, 2.75) is 18.8 Å². The van der Waals surface area contributed by atoms with E-state index in [1.165, 1.54) is 18.2 Å². The van der Waals surface area contributed by atoms with Gasteiger partial charge in [-0.1, -0.05) is 6.07 Å². The Hall–Kier alpha value is -2.01. The lowest BCUT2D eigenvalue weighted by molar-refractivity contribution is 0.177. The Labute approximate surface area is 139 Å². The third kappa shape index (κ3) is 3.19. The predicted molar refractivity (Wildman–Crippen MR) is 82.5 cm³/mol. The molecule has 1 amide bonds. The highest BCUT2D eigenvalue weighted by Crippen LogP contribution is 2.21. The van der Waals surface area contributed by atoms with Gasteiger partial charge in [0.1, 0.15) is 6.61 Å². The number of ether oxygens (including phenoxy) is 1. The van der Waals surface area contributed by atoms with Crippen molar-refractivity contribution in [3.05, 3.63) is 35.5 Å². The Morgan fingerprint density at radius 3 is 3.38 bits per heavy atom. The molecule has 0 aliphatic carbocycles. The number of hydrogen-bond donors (Lipinski definition) is 2. The van der Waals surface area contributed by atoms with Crippen LogP contribution in [0.2, 0.25) is 2.82 Å².